The fourth-order valence-corrected chi connectivity index (χ4v) is 3.23. The second-order valence-electron chi connectivity index (χ2n) is 6.38. The van der Waals surface area contributed by atoms with Crippen LogP contribution in [0.2, 0.25) is 0 Å². The van der Waals surface area contributed by atoms with E-state index in [9.17, 15) is 19.5 Å². The number of fused-ring (bicyclic) bond motifs is 1. The molecule has 0 bridgehead atoms. The van der Waals surface area contributed by atoms with E-state index in [1.807, 2.05) is 24.3 Å². The largest absolute Gasteiger partial charge is 0.480 e. The number of aromatic amines is 1. The number of H-pyrrole nitrogens is 1. The van der Waals surface area contributed by atoms with Gasteiger partial charge in [0.1, 0.15) is 6.04 Å². The first-order valence-corrected chi connectivity index (χ1v) is 8.39. The molecule has 4 N–H and O–H groups in total. The predicted octanol–water partition coefficient (Wildman–Crippen LogP) is 1.34. The zero-order valence-corrected chi connectivity index (χ0v) is 13.7. The van der Waals surface area contributed by atoms with Gasteiger partial charge in [-0.3, -0.25) is 9.59 Å². The van der Waals surface area contributed by atoms with Crippen molar-refractivity contribution in [1.29, 1.82) is 0 Å². The van der Waals surface area contributed by atoms with Crippen LogP contribution in [-0.2, 0) is 20.8 Å². The quantitative estimate of drug-likeness (QED) is 0.634. The van der Waals surface area contributed by atoms with Crippen LogP contribution in [0.1, 0.15) is 31.2 Å². The van der Waals surface area contributed by atoms with Crippen LogP contribution in [0.25, 0.3) is 10.9 Å². The normalized spacial score (nSPS) is 18.6. The first-order valence-electron chi connectivity index (χ1n) is 8.39. The van der Waals surface area contributed by atoms with Crippen molar-refractivity contribution in [3.8, 4) is 0 Å². The highest BCUT2D eigenvalue weighted by atomic mass is 16.4. The fourth-order valence-electron chi connectivity index (χ4n) is 3.23. The lowest BCUT2D eigenvalue weighted by atomic mass is 10.0. The molecule has 2 unspecified atom stereocenters. The van der Waals surface area contributed by atoms with E-state index >= 15 is 0 Å². The minimum atomic E-state index is -1.08. The Morgan fingerprint density at radius 3 is 2.88 bits per heavy atom. The predicted molar refractivity (Wildman–Crippen MR) is 92.0 cm³/mol. The van der Waals surface area contributed by atoms with Crippen molar-refractivity contribution in [2.75, 3.05) is 0 Å². The Balaban J connectivity index is 1.64. The minimum Gasteiger partial charge on any atom is -0.480 e. The summed E-state index contributed by atoms with van der Waals surface area (Å²) in [5.74, 6) is -1.50. The number of hydrogen-bond acceptors (Lipinski definition) is 3. The van der Waals surface area contributed by atoms with Crippen LogP contribution in [0.4, 0.5) is 0 Å². The molecule has 2 aromatic rings. The summed E-state index contributed by atoms with van der Waals surface area (Å²) in [5, 5.41) is 15.7. The number of carbonyl (C=O) groups is 3. The third kappa shape index (κ3) is 4.17. The van der Waals surface area contributed by atoms with Crippen molar-refractivity contribution in [2.24, 2.45) is 0 Å². The van der Waals surface area contributed by atoms with Gasteiger partial charge < -0.3 is 20.7 Å². The summed E-state index contributed by atoms with van der Waals surface area (Å²) < 4.78 is 0. The zero-order valence-electron chi connectivity index (χ0n) is 13.7. The summed E-state index contributed by atoms with van der Waals surface area (Å²) >= 11 is 0. The van der Waals surface area contributed by atoms with Crippen molar-refractivity contribution in [2.45, 2.75) is 44.2 Å². The Labute approximate surface area is 144 Å². The molecule has 1 saturated heterocycles. The number of benzene rings is 1. The summed E-state index contributed by atoms with van der Waals surface area (Å²) in [6, 6.07) is 6.39. The molecule has 7 nitrogen and oxygen atoms in total. The monoisotopic (exact) mass is 343 g/mol. The Kier molecular flexibility index (Phi) is 5.02. The minimum absolute atomic E-state index is 0.0578. The van der Waals surface area contributed by atoms with Gasteiger partial charge in [0.05, 0.1) is 0 Å². The van der Waals surface area contributed by atoms with Crippen LogP contribution < -0.4 is 10.6 Å². The van der Waals surface area contributed by atoms with Crippen molar-refractivity contribution < 1.29 is 19.5 Å². The molecule has 1 aromatic heterocycles. The molecule has 1 fully saturated rings. The second kappa shape index (κ2) is 7.38. The lowest BCUT2D eigenvalue weighted by Crippen LogP contribution is -2.46. The highest BCUT2D eigenvalue weighted by molar-refractivity contribution is 5.87. The Hall–Kier alpha value is -2.83. The van der Waals surface area contributed by atoms with Gasteiger partial charge in [-0.2, -0.15) is 0 Å². The van der Waals surface area contributed by atoms with Gasteiger partial charge in [0.2, 0.25) is 11.8 Å². The number of aliphatic carboxylic acids is 1. The molecule has 2 heterocycles. The van der Waals surface area contributed by atoms with Crippen molar-refractivity contribution >= 4 is 28.7 Å². The molecule has 25 heavy (non-hydrogen) atoms. The highest BCUT2D eigenvalue weighted by Crippen LogP contribution is 2.19. The lowest BCUT2D eigenvalue weighted by molar-refractivity contribution is -0.142. The van der Waals surface area contributed by atoms with Crippen molar-refractivity contribution in [3.05, 3.63) is 36.0 Å². The summed E-state index contributed by atoms with van der Waals surface area (Å²) in [6.45, 7) is 0. The first-order chi connectivity index (χ1) is 12.0. The number of piperidine rings is 1. The average molecular weight is 343 g/mol. The molecule has 0 saturated carbocycles. The van der Waals surface area contributed by atoms with E-state index in [4.69, 9.17) is 0 Å². The Morgan fingerprint density at radius 1 is 1.32 bits per heavy atom. The highest BCUT2D eigenvalue weighted by Gasteiger charge is 2.25. The summed E-state index contributed by atoms with van der Waals surface area (Å²) in [7, 11) is 0. The van der Waals surface area contributed by atoms with E-state index in [1.165, 1.54) is 0 Å². The molecule has 2 amide bonds. The molecule has 7 heteroatoms. The lowest BCUT2D eigenvalue weighted by Gasteiger charge is -2.23. The molecule has 0 spiro atoms. The molecule has 1 aliphatic rings. The number of carbonyl (C=O) groups excluding carboxylic acids is 2. The average Bonchev–Trinajstić information content (AvgIpc) is 2.97. The SMILES string of the molecule is O=C1CCCC(CC(=O)NC(Cc2c[nH]c3ccccc23)C(=O)O)N1. The van der Waals surface area contributed by atoms with Gasteiger partial charge in [-0.15, -0.1) is 0 Å². The van der Waals surface area contributed by atoms with E-state index in [0.717, 1.165) is 29.3 Å². The van der Waals surface area contributed by atoms with Crippen LogP contribution in [0.5, 0.6) is 0 Å². The van der Waals surface area contributed by atoms with Gasteiger partial charge in [-0.1, -0.05) is 18.2 Å². The number of carboxylic acids is 1. The number of rotatable bonds is 6. The van der Waals surface area contributed by atoms with E-state index in [-0.39, 0.29) is 30.7 Å². The summed E-state index contributed by atoms with van der Waals surface area (Å²) in [5.41, 5.74) is 1.77. The fraction of sp³-hybridized carbons (Fsp3) is 0.389. The molecular weight excluding hydrogens is 322 g/mol. The number of amides is 2. The molecule has 132 valence electrons. The van der Waals surface area contributed by atoms with Crippen LogP contribution >= 0.6 is 0 Å². The van der Waals surface area contributed by atoms with Crippen LogP contribution in [0, 0.1) is 0 Å². The molecule has 0 aliphatic carbocycles. The van der Waals surface area contributed by atoms with Crippen LogP contribution in [0.15, 0.2) is 30.5 Å². The first kappa shape index (κ1) is 17.0. The standard InChI is InChI=1S/C18H21N3O4/c22-16-7-3-4-12(20-16)9-17(23)21-15(18(24)25)8-11-10-19-14-6-2-1-5-13(11)14/h1-2,5-6,10,12,15,19H,3-4,7-9H2,(H,20,22)(H,21,23)(H,24,25). The van der Waals surface area contributed by atoms with Gasteiger partial charge >= 0.3 is 5.97 Å². The van der Waals surface area contributed by atoms with E-state index in [2.05, 4.69) is 15.6 Å². The van der Waals surface area contributed by atoms with Gasteiger partial charge in [-0.25, -0.2) is 4.79 Å². The number of aromatic nitrogens is 1. The van der Waals surface area contributed by atoms with Gasteiger partial charge in [-0.05, 0) is 24.5 Å². The molecule has 2 atom stereocenters. The van der Waals surface area contributed by atoms with Gasteiger partial charge in [0.25, 0.3) is 0 Å². The van der Waals surface area contributed by atoms with Crippen LogP contribution in [0.3, 0.4) is 0 Å². The third-order valence-electron chi connectivity index (χ3n) is 4.49. The summed E-state index contributed by atoms with van der Waals surface area (Å²) in [6.07, 6.45) is 4.04. The zero-order chi connectivity index (χ0) is 17.8. The molecule has 1 aromatic carbocycles. The molecular formula is C18H21N3O4. The Morgan fingerprint density at radius 2 is 2.12 bits per heavy atom. The maximum absolute atomic E-state index is 12.2. The third-order valence-corrected chi connectivity index (χ3v) is 4.49. The van der Waals surface area contributed by atoms with E-state index < -0.39 is 12.0 Å². The van der Waals surface area contributed by atoms with Gasteiger partial charge in [0.15, 0.2) is 0 Å². The topological polar surface area (TPSA) is 111 Å². The van der Waals surface area contributed by atoms with E-state index in [0.29, 0.717) is 6.42 Å². The molecule has 1 aliphatic heterocycles. The molecule has 0 radical (unpaired) electrons. The van der Waals surface area contributed by atoms with Gasteiger partial charge in [0, 0.05) is 42.4 Å². The second-order valence-corrected chi connectivity index (χ2v) is 6.38. The maximum atomic E-state index is 12.2. The number of hydrogen-bond donors (Lipinski definition) is 4. The van der Waals surface area contributed by atoms with Crippen molar-refractivity contribution in [1.82, 2.24) is 15.6 Å². The Bertz CT molecular complexity index is 798. The van der Waals surface area contributed by atoms with E-state index in [1.54, 1.807) is 6.20 Å². The number of carboxylic acid groups (broad SMARTS) is 1. The van der Waals surface area contributed by atoms with Crippen LogP contribution in [-0.4, -0.2) is 40.0 Å². The smallest absolute Gasteiger partial charge is 0.326 e. The number of para-hydroxylation sites is 1. The maximum Gasteiger partial charge on any atom is 0.326 e. The summed E-state index contributed by atoms with van der Waals surface area (Å²) in [4.78, 5) is 38.2. The number of nitrogens with one attached hydrogen (secondary N) is 3. The van der Waals surface area contributed by atoms with Crippen molar-refractivity contribution in [3.63, 3.8) is 0 Å². The molecule has 3 rings (SSSR count).